The van der Waals surface area contributed by atoms with Crippen molar-refractivity contribution in [2.75, 3.05) is 6.54 Å². The number of imidazole rings is 1. The van der Waals surface area contributed by atoms with E-state index in [9.17, 15) is 8.42 Å². The molecule has 1 heterocycles. The van der Waals surface area contributed by atoms with E-state index in [1.165, 1.54) is 0 Å². The first-order valence-electron chi connectivity index (χ1n) is 7.24. The summed E-state index contributed by atoms with van der Waals surface area (Å²) < 4.78 is 29.4. The van der Waals surface area contributed by atoms with Crippen molar-refractivity contribution in [1.29, 1.82) is 0 Å². The van der Waals surface area contributed by atoms with Crippen molar-refractivity contribution >= 4 is 10.0 Å². The smallest absolute Gasteiger partial charge is 0.259 e. The van der Waals surface area contributed by atoms with Crippen LogP contribution in [0.2, 0.25) is 0 Å². The van der Waals surface area contributed by atoms with Gasteiger partial charge in [0.1, 0.15) is 5.82 Å². The van der Waals surface area contributed by atoms with Gasteiger partial charge in [-0.2, -0.15) is 0 Å². The van der Waals surface area contributed by atoms with Crippen molar-refractivity contribution in [2.45, 2.75) is 57.1 Å². The van der Waals surface area contributed by atoms with E-state index in [1.54, 1.807) is 6.20 Å². The Morgan fingerprint density at radius 3 is 2.90 bits per heavy atom. The third-order valence-corrected chi connectivity index (χ3v) is 5.32. The van der Waals surface area contributed by atoms with Crippen LogP contribution in [0.4, 0.5) is 0 Å². The van der Waals surface area contributed by atoms with Crippen molar-refractivity contribution in [3.8, 4) is 0 Å². The monoisotopic (exact) mass is 300 g/mol. The Hall–Kier alpha value is -0.920. The molecule has 1 aliphatic rings. The fraction of sp³-hybridized carbons (Fsp3) is 0.769. The summed E-state index contributed by atoms with van der Waals surface area (Å²) in [5.74, 6) is 0.970. The Morgan fingerprint density at radius 2 is 2.25 bits per heavy atom. The Balaban J connectivity index is 2.16. The van der Waals surface area contributed by atoms with Crippen LogP contribution in [0.1, 0.15) is 38.4 Å². The zero-order valence-electron chi connectivity index (χ0n) is 12.2. The lowest BCUT2D eigenvalue weighted by molar-refractivity contribution is 0.452. The Bertz CT molecular complexity index is 553. The highest BCUT2D eigenvalue weighted by molar-refractivity contribution is 7.89. The minimum Gasteiger partial charge on any atom is -0.334 e. The normalized spacial score (nSPS) is 23.4. The molecule has 3 N–H and O–H groups in total. The van der Waals surface area contributed by atoms with Crippen LogP contribution in [0.15, 0.2) is 11.2 Å². The molecule has 114 valence electrons. The van der Waals surface area contributed by atoms with Gasteiger partial charge in [0.15, 0.2) is 5.03 Å². The van der Waals surface area contributed by atoms with Crippen LogP contribution >= 0.6 is 0 Å². The van der Waals surface area contributed by atoms with Crippen LogP contribution in [0.25, 0.3) is 0 Å². The Kier molecular flexibility index (Phi) is 4.82. The van der Waals surface area contributed by atoms with Crippen LogP contribution in [0, 0.1) is 12.8 Å². The minimum absolute atomic E-state index is 0.0540. The molecule has 1 aromatic rings. The van der Waals surface area contributed by atoms with Gasteiger partial charge in [0.2, 0.25) is 0 Å². The lowest BCUT2D eigenvalue weighted by Crippen LogP contribution is -2.39. The first-order chi connectivity index (χ1) is 9.47. The molecule has 0 aliphatic heterocycles. The van der Waals surface area contributed by atoms with Crippen molar-refractivity contribution in [1.82, 2.24) is 14.3 Å². The van der Waals surface area contributed by atoms with E-state index >= 15 is 0 Å². The number of aromatic nitrogens is 2. The van der Waals surface area contributed by atoms with E-state index in [2.05, 4.69) is 16.6 Å². The van der Waals surface area contributed by atoms with Gasteiger partial charge in [-0.25, -0.2) is 18.1 Å². The van der Waals surface area contributed by atoms with Crippen LogP contribution in [-0.2, 0) is 16.6 Å². The summed E-state index contributed by atoms with van der Waals surface area (Å²) in [4.78, 5) is 4.18. The number of hydrogen-bond donors (Lipinski definition) is 2. The third-order valence-electron chi connectivity index (χ3n) is 3.96. The van der Waals surface area contributed by atoms with Gasteiger partial charge in [0.25, 0.3) is 10.0 Å². The molecule has 0 spiro atoms. The Morgan fingerprint density at radius 1 is 1.50 bits per heavy atom. The predicted octanol–water partition coefficient (Wildman–Crippen LogP) is 1.01. The molecule has 0 bridgehead atoms. The first-order valence-corrected chi connectivity index (χ1v) is 8.72. The van der Waals surface area contributed by atoms with Crippen molar-refractivity contribution < 1.29 is 8.42 Å². The molecule has 2 rings (SSSR count). The number of nitrogens with two attached hydrogens (primary N) is 1. The van der Waals surface area contributed by atoms with E-state index < -0.39 is 10.0 Å². The maximum atomic E-state index is 12.4. The molecule has 2 atom stereocenters. The second-order valence-electron chi connectivity index (χ2n) is 5.47. The van der Waals surface area contributed by atoms with E-state index in [0.29, 0.717) is 6.54 Å². The fourth-order valence-electron chi connectivity index (χ4n) is 2.81. The minimum atomic E-state index is -3.54. The quantitative estimate of drug-likeness (QED) is 0.820. The summed E-state index contributed by atoms with van der Waals surface area (Å²) in [6.45, 7) is 5.18. The lowest BCUT2D eigenvalue weighted by atomic mass is 10.1. The number of aryl methyl sites for hydroxylation is 2. The summed E-state index contributed by atoms with van der Waals surface area (Å²) in [5, 5.41) is 0.117. The summed E-state index contributed by atoms with van der Waals surface area (Å²) in [6.07, 6.45) is 5.44. The Labute approximate surface area is 120 Å². The highest BCUT2D eigenvalue weighted by Gasteiger charge is 2.31. The van der Waals surface area contributed by atoms with Gasteiger partial charge in [0.05, 0.1) is 0 Å². The van der Waals surface area contributed by atoms with E-state index in [0.717, 1.165) is 38.1 Å². The SMILES string of the molecule is CCCn1cc(S(=O)(=O)NC2CCCC2CN)nc1C. The van der Waals surface area contributed by atoms with E-state index in [1.807, 2.05) is 11.5 Å². The van der Waals surface area contributed by atoms with Gasteiger partial charge >= 0.3 is 0 Å². The number of nitrogens with zero attached hydrogens (tertiary/aromatic N) is 2. The summed E-state index contributed by atoms with van der Waals surface area (Å²) in [7, 11) is -3.54. The average molecular weight is 300 g/mol. The fourth-order valence-corrected chi connectivity index (χ4v) is 4.16. The van der Waals surface area contributed by atoms with E-state index in [-0.39, 0.29) is 17.0 Å². The topological polar surface area (TPSA) is 90.0 Å². The second-order valence-corrected chi connectivity index (χ2v) is 7.14. The molecule has 1 aromatic heterocycles. The molecule has 20 heavy (non-hydrogen) atoms. The largest absolute Gasteiger partial charge is 0.334 e. The molecule has 0 radical (unpaired) electrons. The molecule has 0 saturated heterocycles. The highest BCUT2D eigenvalue weighted by Crippen LogP contribution is 2.26. The zero-order valence-corrected chi connectivity index (χ0v) is 13.0. The number of rotatable bonds is 6. The third kappa shape index (κ3) is 3.21. The number of hydrogen-bond acceptors (Lipinski definition) is 4. The van der Waals surface area contributed by atoms with Gasteiger partial charge in [-0.15, -0.1) is 0 Å². The summed E-state index contributed by atoms with van der Waals surface area (Å²) in [6, 6.07) is -0.0540. The molecule has 6 nitrogen and oxygen atoms in total. The van der Waals surface area contributed by atoms with E-state index in [4.69, 9.17) is 5.73 Å². The first kappa shape index (κ1) is 15.5. The van der Waals surface area contributed by atoms with Gasteiger partial charge in [-0.05, 0) is 38.6 Å². The second kappa shape index (κ2) is 6.24. The van der Waals surface area contributed by atoms with Crippen molar-refractivity contribution in [3.05, 3.63) is 12.0 Å². The average Bonchev–Trinajstić information content (AvgIpc) is 2.97. The molecule has 1 fully saturated rings. The standard InChI is InChI=1S/C13H24N4O2S/c1-3-7-17-9-13(15-10(17)2)20(18,19)16-12-6-4-5-11(12)8-14/h9,11-12,16H,3-8,14H2,1-2H3. The summed E-state index contributed by atoms with van der Waals surface area (Å²) >= 11 is 0. The number of sulfonamides is 1. The molecule has 7 heteroatoms. The maximum Gasteiger partial charge on any atom is 0.259 e. The maximum absolute atomic E-state index is 12.4. The molecule has 2 unspecified atom stereocenters. The molecule has 1 aliphatic carbocycles. The van der Waals surface area contributed by atoms with Gasteiger partial charge < -0.3 is 10.3 Å². The molecule has 0 amide bonds. The van der Waals surface area contributed by atoms with Gasteiger partial charge in [0, 0.05) is 18.8 Å². The number of nitrogens with one attached hydrogen (secondary N) is 1. The molecule has 0 aromatic carbocycles. The predicted molar refractivity (Wildman–Crippen MR) is 77.8 cm³/mol. The van der Waals surface area contributed by atoms with Crippen LogP contribution in [0.5, 0.6) is 0 Å². The van der Waals surface area contributed by atoms with Crippen LogP contribution < -0.4 is 10.5 Å². The van der Waals surface area contributed by atoms with Gasteiger partial charge in [-0.3, -0.25) is 0 Å². The van der Waals surface area contributed by atoms with Gasteiger partial charge in [-0.1, -0.05) is 13.3 Å². The molecular weight excluding hydrogens is 276 g/mol. The zero-order chi connectivity index (χ0) is 14.8. The summed E-state index contributed by atoms with van der Waals surface area (Å²) in [5.41, 5.74) is 5.69. The van der Waals surface area contributed by atoms with Crippen LogP contribution in [-0.4, -0.2) is 30.6 Å². The molecule has 1 saturated carbocycles. The lowest BCUT2D eigenvalue weighted by Gasteiger charge is -2.18. The highest BCUT2D eigenvalue weighted by atomic mass is 32.2. The molecular formula is C13H24N4O2S. The van der Waals surface area contributed by atoms with Crippen LogP contribution in [0.3, 0.4) is 0 Å². The van der Waals surface area contributed by atoms with Crippen molar-refractivity contribution in [2.24, 2.45) is 11.7 Å². The van der Waals surface area contributed by atoms with Crippen molar-refractivity contribution in [3.63, 3.8) is 0 Å².